The lowest BCUT2D eigenvalue weighted by Crippen LogP contribution is -2.58. The SMILES string of the molecule is C[N+](C)(CC(O)CO)NC(=O)CCCCC(=O)N[N+](C)(C)CC(O)CO. The molecule has 0 aromatic heterocycles. The van der Waals surface area contributed by atoms with Gasteiger partial charge in [0.25, 0.3) is 11.8 Å². The molecule has 0 aromatic rings. The van der Waals surface area contributed by atoms with Gasteiger partial charge in [0.15, 0.2) is 0 Å². The fourth-order valence-electron chi connectivity index (χ4n) is 2.62. The van der Waals surface area contributed by atoms with Crippen molar-refractivity contribution in [1.82, 2.24) is 10.9 Å². The molecular weight excluding hydrogens is 344 g/mol. The van der Waals surface area contributed by atoms with E-state index >= 15 is 0 Å². The molecule has 154 valence electrons. The summed E-state index contributed by atoms with van der Waals surface area (Å²) in [6.07, 6.45) is -0.222. The van der Waals surface area contributed by atoms with Crippen LogP contribution >= 0.6 is 0 Å². The number of carbonyl (C=O) groups excluding carboxylic acids is 2. The molecule has 0 saturated heterocycles. The average molecular weight is 380 g/mol. The summed E-state index contributed by atoms with van der Waals surface area (Å²) in [6, 6.07) is 0. The number of amides is 2. The van der Waals surface area contributed by atoms with Crippen molar-refractivity contribution in [2.45, 2.75) is 37.9 Å². The first-order chi connectivity index (χ1) is 11.9. The standard InChI is InChI=1S/C16H34N4O6/c1-19(2,9-13(23)11-21)17-15(25)7-5-6-8-16(26)18-20(3,4)10-14(24)12-22/h13-14,21-24H,5-12H2,1-4H3/p+2. The normalized spacial score (nSPS) is 14.6. The lowest BCUT2D eigenvalue weighted by atomic mass is 10.2. The van der Waals surface area contributed by atoms with Gasteiger partial charge in [-0.1, -0.05) is 0 Å². The third kappa shape index (κ3) is 12.1. The monoisotopic (exact) mass is 380 g/mol. The van der Waals surface area contributed by atoms with Crippen LogP contribution in [0.4, 0.5) is 0 Å². The number of quaternary nitrogens is 2. The third-order valence-electron chi connectivity index (χ3n) is 3.67. The summed E-state index contributed by atoms with van der Waals surface area (Å²) in [5, 5.41) is 36.6. The number of nitrogens with one attached hydrogen (secondary N) is 2. The molecule has 2 unspecified atom stereocenters. The largest absolute Gasteiger partial charge is 0.393 e. The lowest BCUT2D eigenvalue weighted by Gasteiger charge is -2.30. The van der Waals surface area contributed by atoms with E-state index in [0.717, 1.165) is 0 Å². The minimum atomic E-state index is -0.903. The van der Waals surface area contributed by atoms with E-state index in [0.29, 0.717) is 12.8 Å². The topological polar surface area (TPSA) is 139 Å². The Morgan fingerprint density at radius 3 is 1.35 bits per heavy atom. The van der Waals surface area contributed by atoms with Crippen LogP contribution in [0.15, 0.2) is 0 Å². The Balaban J connectivity index is 4.07. The molecule has 0 rings (SSSR count). The van der Waals surface area contributed by atoms with Crippen LogP contribution in [0.1, 0.15) is 25.7 Å². The number of aliphatic hydroxyl groups is 4. The minimum Gasteiger partial charge on any atom is -0.393 e. The predicted molar refractivity (Wildman–Crippen MR) is 94.9 cm³/mol. The zero-order chi connectivity index (χ0) is 20.4. The van der Waals surface area contributed by atoms with Crippen LogP contribution in [-0.4, -0.2) is 108 Å². The molecule has 10 heteroatoms. The molecule has 0 fully saturated rings. The summed E-state index contributed by atoms with van der Waals surface area (Å²) in [5.74, 6) is -0.384. The van der Waals surface area contributed by atoms with E-state index in [1.54, 1.807) is 28.2 Å². The van der Waals surface area contributed by atoms with Crippen molar-refractivity contribution in [2.24, 2.45) is 0 Å². The Labute approximate surface area is 155 Å². The Kier molecular flexibility index (Phi) is 10.8. The highest BCUT2D eigenvalue weighted by Crippen LogP contribution is 2.04. The Bertz CT molecular complexity index is 404. The van der Waals surface area contributed by atoms with Crippen LogP contribution in [0.2, 0.25) is 0 Å². The molecule has 10 nitrogen and oxygen atoms in total. The maximum Gasteiger partial charge on any atom is 0.264 e. The molecule has 0 aromatic carbocycles. The molecule has 0 aliphatic carbocycles. The Morgan fingerprint density at radius 1 is 0.769 bits per heavy atom. The van der Waals surface area contributed by atoms with Gasteiger partial charge in [-0.25, -0.2) is 20.0 Å². The number of aliphatic hydroxyl groups excluding tert-OH is 4. The molecule has 0 aliphatic heterocycles. The molecule has 0 heterocycles. The number of unbranched alkanes of at least 4 members (excludes halogenated alkanes) is 1. The second-order valence-corrected chi connectivity index (χ2v) is 7.69. The van der Waals surface area contributed by atoms with Crippen LogP contribution in [0, 0.1) is 0 Å². The first-order valence-corrected chi connectivity index (χ1v) is 8.77. The van der Waals surface area contributed by atoms with Crippen LogP contribution in [0.3, 0.4) is 0 Å². The van der Waals surface area contributed by atoms with Crippen LogP contribution in [0.5, 0.6) is 0 Å². The fourth-order valence-corrected chi connectivity index (χ4v) is 2.62. The van der Waals surface area contributed by atoms with Gasteiger partial charge >= 0.3 is 0 Å². The zero-order valence-corrected chi connectivity index (χ0v) is 16.3. The van der Waals surface area contributed by atoms with Gasteiger partial charge in [0.05, 0.1) is 41.4 Å². The average Bonchev–Trinajstić information content (AvgIpc) is 2.49. The first-order valence-electron chi connectivity index (χ1n) is 8.77. The summed E-state index contributed by atoms with van der Waals surface area (Å²) in [5.41, 5.74) is 5.50. The van der Waals surface area contributed by atoms with Crippen LogP contribution < -0.4 is 10.9 Å². The molecule has 2 amide bonds. The molecule has 0 saturated carbocycles. The summed E-state index contributed by atoms with van der Waals surface area (Å²) in [4.78, 5) is 23.9. The number of rotatable bonds is 13. The van der Waals surface area contributed by atoms with E-state index in [9.17, 15) is 19.8 Å². The Morgan fingerprint density at radius 2 is 1.08 bits per heavy atom. The van der Waals surface area contributed by atoms with Crippen molar-refractivity contribution < 1.29 is 39.2 Å². The van der Waals surface area contributed by atoms with Crippen molar-refractivity contribution in [3.05, 3.63) is 0 Å². The van der Waals surface area contributed by atoms with Gasteiger partial charge < -0.3 is 20.4 Å². The number of hydrogen-bond acceptors (Lipinski definition) is 6. The van der Waals surface area contributed by atoms with E-state index in [2.05, 4.69) is 10.9 Å². The van der Waals surface area contributed by atoms with E-state index in [-0.39, 0.29) is 60.1 Å². The van der Waals surface area contributed by atoms with Crippen LogP contribution in [0.25, 0.3) is 0 Å². The van der Waals surface area contributed by atoms with Crippen LogP contribution in [-0.2, 0) is 9.59 Å². The number of likely N-dealkylation sites (N-methyl/N-ethyl adjacent to an activating group) is 2. The first kappa shape index (κ1) is 24.7. The maximum absolute atomic E-state index is 11.9. The van der Waals surface area contributed by atoms with Crippen molar-refractivity contribution in [1.29, 1.82) is 0 Å². The van der Waals surface area contributed by atoms with Gasteiger partial charge in [-0.15, -0.1) is 0 Å². The minimum absolute atomic E-state index is 0.0555. The molecule has 26 heavy (non-hydrogen) atoms. The highest BCUT2D eigenvalue weighted by atomic mass is 16.3. The Hall–Kier alpha value is -1.30. The zero-order valence-electron chi connectivity index (χ0n) is 16.3. The fraction of sp³-hybridized carbons (Fsp3) is 0.875. The number of nitrogens with zero attached hydrogens (tertiary/aromatic N) is 2. The van der Waals surface area contributed by atoms with Crippen molar-refractivity contribution in [3.8, 4) is 0 Å². The van der Waals surface area contributed by atoms with E-state index < -0.39 is 12.2 Å². The smallest absolute Gasteiger partial charge is 0.264 e. The maximum atomic E-state index is 11.9. The molecule has 0 bridgehead atoms. The summed E-state index contributed by atoms with van der Waals surface area (Å²) in [7, 11) is 6.85. The molecule has 0 aliphatic rings. The van der Waals surface area contributed by atoms with E-state index in [4.69, 9.17) is 10.2 Å². The van der Waals surface area contributed by atoms with Crippen molar-refractivity contribution >= 4 is 11.8 Å². The lowest BCUT2D eigenvalue weighted by molar-refractivity contribution is -0.928. The van der Waals surface area contributed by atoms with E-state index in [1.165, 1.54) is 0 Å². The molecule has 0 spiro atoms. The second-order valence-electron chi connectivity index (χ2n) is 7.69. The highest BCUT2D eigenvalue weighted by Gasteiger charge is 2.24. The van der Waals surface area contributed by atoms with Gasteiger partial charge in [0.2, 0.25) is 0 Å². The number of carbonyl (C=O) groups is 2. The quantitative estimate of drug-likeness (QED) is 0.118. The van der Waals surface area contributed by atoms with E-state index in [1.807, 2.05) is 0 Å². The molecule has 6 N–H and O–H groups in total. The predicted octanol–water partition coefficient (Wildman–Crippen LogP) is -2.53. The molecular formula is C16H36N4O6+2. The summed E-state index contributed by atoms with van der Waals surface area (Å²) in [6.45, 7) is -0.345. The third-order valence-corrected chi connectivity index (χ3v) is 3.67. The van der Waals surface area contributed by atoms with Gasteiger partial charge in [-0.3, -0.25) is 9.59 Å². The second kappa shape index (κ2) is 11.4. The van der Waals surface area contributed by atoms with Crippen molar-refractivity contribution in [3.63, 3.8) is 0 Å². The van der Waals surface area contributed by atoms with Gasteiger partial charge in [0.1, 0.15) is 25.3 Å². The van der Waals surface area contributed by atoms with Crippen molar-refractivity contribution in [2.75, 3.05) is 54.5 Å². The number of hydrogen-bond donors (Lipinski definition) is 6. The molecule has 2 atom stereocenters. The summed E-state index contributed by atoms with van der Waals surface area (Å²) < 4.78 is 0.111. The molecule has 0 radical (unpaired) electrons. The van der Waals surface area contributed by atoms with Gasteiger partial charge in [0, 0.05) is 12.8 Å². The van der Waals surface area contributed by atoms with Gasteiger partial charge in [-0.2, -0.15) is 0 Å². The highest BCUT2D eigenvalue weighted by molar-refractivity contribution is 5.75. The van der Waals surface area contributed by atoms with Gasteiger partial charge in [-0.05, 0) is 12.8 Å². The summed E-state index contributed by atoms with van der Waals surface area (Å²) >= 11 is 0.